The van der Waals surface area contributed by atoms with Gasteiger partial charge in [-0.1, -0.05) is 18.9 Å². The van der Waals surface area contributed by atoms with Crippen molar-refractivity contribution in [1.82, 2.24) is 20.5 Å². The van der Waals surface area contributed by atoms with Crippen molar-refractivity contribution in [3.63, 3.8) is 0 Å². The van der Waals surface area contributed by atoms with Gasteiger partial charge in [-0.25, -0.2) is 9.78 Å². The number of unbranched alkanes of at least 4 members (excludes halogenated alkanes) is 3. The molecule has 37 heavy (non-hydrogen) atoms. The summed E-state index contributed by atoms with van der Waals surface area (Å²) in [6.07, 6.45) is 4.62. The largest absolute Gasteiger partial charge is 0.494 e. The zero-order chi connectivity index (χ0) is 26.2. The van der Waals surface area contributed by atoms with E-state index >= 15 is 0 Å². The topological polar surface area (TPSA) is 127 Å². The maximum Gasteiger partial charge on any atom is 0.356 e. The van der Waals surface area contributed by atoms with Crippen LogP contribution in [0.5, 0.6) is 5.75 Å². The first kappa shape index (κ1) is 26.3. The Morgan fingerprint density at radius 2 is 1.97 bits per heavy atom. The van der Waals surface area contributed by atoms with Crippen molar-refractivity contribution in [3.8, 4) is 5.75 Å². The molecule has 4 rings (SSSR count). The standard InChI is InChI=1S/C27H32N4O6/c1-36-27(35)22-8-6-7-19(29-22)16-28-13-4-2-3-5-14-37-20-9-10-21-18(15-20)17-31(26(21)34)23-11-12-24(32)30-25(23)33/h6-10,15,23,28H,2-5,11-14,16-17H2,1H3,(H,30,32,33). The van der Waals surface area contributed by atoms with Crippen molar-refractivity contribution >= 4 is 23.7 Å². The summed E-state index contributed by atoms with van der Waals surface area (Å²) in [6, 6.07) is 10.1. The van der Waals surface area contributed by atoms with E-state index in [0.717, 1.165) is 43.5 Å². The number of aromatic nitrogens is 1. The van der Waals surface area contributed by atoms with Gasteiger partial charge in [0, 0.05) is 25.1 Å². The Balaban J connectivity index is 1.12. The summed E-state index contributed by atoms with van der Waals surface area (Å²) < 4.78 is 10.6. The fraction of sp³-hybridized carbons (Fsp3) is 0.444. The van der Waals surface area contributed by atoms with Gasteiger partial charge in [0.1, 0.15) is 17.5 Å². The number of fused-ring (bicyclic) bond motifs is 1. The monoisotopic (exact) mass is 508 g/mol. The lowest BCUT2D eigenvalue weighted by molar-refractivity contribution is -0.136. The fourth-order valence-corrected chi connectivity index (χ4v) is 4.55. The van der Waals surface area contributed by atoms with Crippen LogP contribution < -0.4 is 15.4 Å². The Morgan fingerprint density at radius 3 is 2.78 bits per heavy atom. The number of carbonyl (C=O) groups excluding carboxylic acids is 4. The first-order valence-corrected chi connectivity index (χ1v) is 12.6. The number of imide groups is 1. The van der Waals surface area contributed by atoms with Crippen LogP contribution in [0, 0.1) is 0 Å². The molecule has 10 heteroatoms. The van der Waals surface area contributed by atoms with Crippen LogP contribution >= 0.6 is 0 Å². The van der Waals surface area contributed by atoms with Crippen LogP contribution in [0.25, 0.3) is 0 Å². The van der Waals surface area contributed by atoms with Gasteiger partial charge in [-0.2, -0.15) is 0 Å². The summed E-state index contributed by atoms with van der Waals surface area (Å²) in [7, 11) is 1.34. The average molecular weight is 509 g/mol. The number of piperidine rings is 1. The molecule has 0 bridgehead atoms. The third-order valence-electron chi connectivity index (χ3n) is 6.52. The molecule has 1 saturated heterocycles. The van der Waals surface area contributed by atoms with Crippen LogP contribution in [0.2, 0.25) is 0 Å². The van der Waals surface area contributed by atoms with E-state index in [1.807, 2.05) is 12.1 Å². The minimum absolute atomic E-state index is 0.184. The summed E-state index contributed by atoms with van der Waals surface area (Å²) in [5.41, 5.74) is 2.53. The summed E-state index contributed by atoms with van der Waals surface area (Å²) in [4.78, 5) is 53.7. The summed E-state index contributed by atoms with van der Waals surface area (Å²) >= 11 is 0. The first-order chi connectivity index (χ1) is 18.0. The van der Waals surface area contributed by atoms with Gasteiger partial charge in [0.15, 0.2) is 0 Å². The molecular weight excluding hydrogens is 476 g/mol. The number of amides is 3. The Morgan fingerprint density at radius 1 is 1.14 bits per heavy atom. The number of nitrogens with one attached hydrogen (secondary N) is 2. The van der Waals surface area contributed by atoms with Crippen molar-refractivity contribution in [1.29, 1.82) is 0 Å². The quantitative estimate of drug-likeness (QED) is 0.254. The predicted molar refractivity (Wildman–Crippen MR) is 134 cm³/mol. The molecule has 0 saturated carbocycles. The second kappa shape index (κ2) is 12.4. The van der Waals surface area contributed by atoms with E-state index in [2.05, 4.69) is 15.6 Å². The molecule has 2 N–H and O–H groups in total. The maximum absolute atomic E-state index is 12.8. The molecular formula is C27H32N4O6. The third kappa shape index (κ3) is 6.71. The van der Waals surface area contributed by atoms with Gasteiger partial charge in [0.2, 0.25) is 11.8 Å². The molecule has 10 nitrogen and oxygen atoms in total. The lowest BCUT2D eigenvalue weighted by Gasteiger charge is -2.29. The zero-order valence-electron chi connectivity index (χ0n) is 21.0. The third-order valence-corrected chi connectivity index (χ3v) is 6.52. The highest BCUT2D eigenvalue weighted by Gasteiger charge is 2.39. The SMILES string of the molecule is COC(=O)c1cccc(CNCCCCCCOc2ccc3c(c2)CN(C2CCC(=O)NC2=O)C3=O)n1. The maximum atomic E-state index is 12.8. The zero-order valence-corrected chi connectivity index (χ0v) is 21.0. The van der Waals surface area contributed by atoms with Crippen molar-refractivity contribution < 1.29 is 28.7 Å². The number of nitrogens with zero attached hydrogens (tertiary/aromatic N) is 2. The van der Waals surface area contributed by atoms with Crippen LogP contribution in [-0.2, 0) is 27.4 Å². The van der Waals surface area contributed by atoms with E-state index in [1.165, 1.54) is 12.0 Å². The van der Waals surface area contributed by atoms with Crippen LogP contribution in [0.4, 0.5) is 0 Å². The van der Waals surface area contributed by atoms with Gasteiger partial charge in [0.05, 0.1) is 19.4 Å². The number of benzene rings is 1. The number of pyridine rings is 1. The first-order valence-electron chi connectivity index (χ1n) is 12.6. The fourth-order valence-electron chi connectivity index (χ4n) is 4.55. The molecule has 0 spiro atoms. The van der Waals surface area contributed by atoms with Crippen molar-refractivity contribution in [2.45, 2.75) is 57.7 Å². The lowest BCUT2D eigenvalue weighted by atomic mass is 10.0. The highest BCUT2D eigenvalue weighted by atomic mass is 16.5. The molecule has 1 atom stereocenters. The predicted octanol–water partition coefficient (Wildman–Crippen LogP) is 2.36. The van der Waals surface area contributed by atoms with E-state index in [1.54, 1.807) is 24.3 Å². The van der Waals surface area contributed by atoms with E-state index in [0.29, 0.717) is 43.1 Å². The highest BCUT2D eigenvalue weighted by molar-refractivity contribution is 6.05. The number of rotatable bonds is 12. The van der Waals surface area contributed by atoms with Gasteiger partial charge in [-0.05, 0) is 61.7 Å². The molecule has 196 valence electrons. The molecule has 1 aromatic carbocycles. The summed E-state index contributed by atoms with van der Waals surface area (Å²) in [6.45, 7) is 2.37. The second-order valence-corrected chi connectivity index (χ2v) is 9.16. The van der Waals surface area contributed by atoms with Gasteiger partial charge in [0.25, 0.3) is 5.91 Å². The minimum Gasteiger partial charge on any atom is -0.494 e. The highest BCUT2D eigenvalue weighted by Crippen LogP contribution is 2.30. The molecule has 3 amide bonds. The molecule has 3 heterocycles. The van der Waals surface area contributed by atoms with Crippen LogP contribution in [-0.4, -0.2) is 59.9 Å². The lowest BCUT2D eigenvalue weighted by Crippen LogP contribution is -2.52. The van der Waals surface area contributed by atoms with Crippen LogP contribution in [0.15, 0.2) is 36.4 Å². The van der Waals surface area contributed by atoms with E-state index in [9.17, 15) is 19.2 Å². The Hall–Kier alpha value is -3.79. The van der Waals surface area contributed by atoms with Gasteiger partial charge < -0.3 is 19.7 Å². The van der Waals surface area contributed by atoms with Crippen LogP contribution in [0.1, 0.15) is 70.6 Å². The van der Waals surface area contributed by atoms with Gasteiger partial charge in [-0.15, -0.1) is 0 Å². The molecule has 1 unspecified atom stereocenters. The molecule has 1 fully saturated rings. The molecule has 0 aliphatic carbocycles. The molecule has 2 aliphatic rings. The molecule has 2 aliphatic heterocycles. The Kier molecular flexibility index (Phi) is 8.84. The smallest absolute Gasteiger partial charge is 0.356 e. The van der Waals surface area contributed by atoms with Crippen LogP contribution in [0.3, 0.4) is 0 Å². The summed E-state index contributed by atoms with van der Waals surface area (Å²) in [5, 5.41) is 5.66. The summed E-state index contributed by atoms with van der Waals surface area (Å²) in [5.74, 6) is -0.616. The number of hydrogen-bond acceptors (Lipinski definition) is 8. The minimum atomic E-state index is -0.613. The van der Waals surface area contributed by atoms with E-state index < -0.39 is 17.9 Å². The van der Waals surface area contributed by atoms with E-state index in [-0.39, 0.29) is 18.2 Å². The number of methoxy groups -OCH3 is 1. The van der Waals surface area contributed by atoms with Crippen molar-refractivity contribution in [2.75, 3.05) is 20.3 Å². The molecule has 0 radical (unpaired) electrons. The Labute approximate surface area is 215 Å². The number of carbonyl (C=O) groups is 4. The number of esters is 1. The second-order valence-electron chi connectivity index (χ2n) is 9.16. The van der Waals surface area contributed by atoms with Gasteiger partial charge >= 0.3 is 5.97 Å². The van der Waals surface area contributed by atoms with Crippen molar-refractivity contribution in [2.24, 2.45) is 0 Å². The number of hydrogen-bond donors (Lipinski definition) is 2. The van der Waals surface area contributed by atoms with E-state index in [4.69, 9.17) is 9.47 Å². The molecule has 2 aromatic rings. The molecule has 1 aromatic heterocycles. The normalized spacial score (nSPS) is 16.9. The van der Waals surface area contributed by atoms with Crippen molar-refractivity contribution in [3.05, 3.63) is 58.9 Å². The Bertz CT molecular complexity index is 1170. The average Bonchev–Trinajstić information content (AvgIpc) is 3.22. The number of ether oxygens (including phenoxy) is 2. The van der Waals surface area contributed by atoms with Gasteiger partial charge in [-0.3, -0.25) is 19.7 Å².